The standard InChI is InChI=1S/C18H37NO4/c1-16(2)6-10-21-12-14-23-15-13-22-11-7-17(20)19-9-8-18(3,4)5/h16H,6-15H2,1-5H3,(H,19,20). The highest BCUT2D eigenvalue weighted by molar-refractivity contribution is 5.75. The molecule has 0 radical (unpaired) electrons. The van der Waals surface area contributed by atoms with E-state index in [4.69, 9.17) is 14.2 Å². The third-order valence-electron chi connectivity index (χ3n) is 3.25. The molecule has 0 saturated heterocycles. The Hall–Kier alpha value is -0.650. The molecule has 0 aliphatic carbocycles. The Labute approximate surface area is 142 Å². The number of carbonyl (C=O) groups is 1. The molecule has 0 bridgehead atoms. The molecule has 1 amide bonds. The lowest BCUT2D eigenvalue weighted by molar-refractivity contribution is -0.122. The monoisotopic (exact) mass is 331 g/mol. The topological polar surface area (TPSA) is 56.8 Å². The van der Waals surface area contributed by atoms with Gasteiger partial charge in [0.15, 0.2) is 0 Å². The predicted molar refractivity (Wildman–Crippen MR) is 93.6 cm³/mol. The van der Waals surface area contributed by atoms with Crippen LogP contribution in [0.15, 0.2) is 0 Å². The molecule has 0 saturated carbocycles. The van der Waals surface area contributed by atoms with Gasteiger partial charge in [-0.3, -0.25) is 4.79 Å². The van der Waals surface area contributed by atoms with E-state index in [-0.39, 0.29) is 11.3 Å². The highest BCUT2D eigenvalue weighted by Crippen LogP contribution is 2.16. The van der Waals surface area contributed by atoms with Crippen molar-refractivity contribution in [1.29, 1.82) is 0 Å². The summed E-state index contributed by atoms with van der Waals surface area (Å²) in [4.78, 5) is 11.6. The summed E-state index contributed by atoms with van der Waals surface area (Å²) in [6, 6.07) is 0. The van der Waals surface area contributed by atoms with E-state index in [1.165, 1.54) is 0 Å². The van der Waals surface area contributed by atoms with Crippen LogP contribution in [0.1, 0.15) is 53.9 Å². The Morgan fingerprint density at radius 2 is 1.43 bits per heavy atom. The second-order valence-corrected chi connectivity index (χ2v) is 7.43. The summed E-state index contributed by atoms with van der Waals surface area (Å²) in [5, 5.41) is 2.91. The lowest BCUT2D eigenvalue weighted by Crippen LogP contribution is -2.28. The first-order chi connectivity index (χ1) is 10.8. The first kappa shape index (κ1) is 22.4. The normalized spacial score (nSPS) is 11.9. The quantitative estimate of drug-likeness (QED) is 0.497. The third kappa shape index (κ3) is 19.3. The molecule has 0 spiro atoms. The Morgan fingerprint density at radius 3 is 1.96 bits per heavy atom. The van der Waals surface area contributed by atoms with Crippen molar-refractivity contribution >= 4 is 5.91 Å². The van der Waals surface area contributed by atoms with Crippen LogP contribution in [0.5, 0.6) is 0 Å². The molecule has 1 N–H and O–H groups in total. The molecule has 23 heavy (non-hydrogen) atoms. The van der Waals surface area contributed by atoms with E-state index in [0.717, 1.165) is 26.0 Å². The van der Waals surface area contributed by atoms with Gasteiger partial charge < -0.3 is 19.5 Å². The lowest BCUT2D eigenvalue weighted by atomic mass is 9.92. The zero-order valence-corrected chi connectivity index (χ0v) is 15.8. The first-order valence-corrected chi connectivity index (χ1v) is 8.81. The van der Waals surface area contributed by atoms with Gasteiger partial charge in [-0.15, -0.1) is 0 Å². The second kappa shape index (κ2) is 13.8. The Morgan fingerprint density at radius 1 is 0.913 bits per heavy atom. The molecular formula is C18H37NO4. The SMILES string of the molecule is CC(C)CCOCCOCCOCCC(=O)NCCC(C)(C)C. The zero-order chi connectivity index (χ0) is 17.6. The summed E-state index contributed by atoms with van der Waals surface area (Å²) in [5.74, 6) is 0.726. The van der Waals surface area contributed by atoms with Crippen molar-refractivity contribution in [3.8, 4) is 0 Å². The van der Waals surface area contributed by atoms with Crippen molar-refractivity contribution in [1.82, 2.24) is 5.32 Å². The third-order valence-corrected chi connectivity index (χ3v) is 3.25. The summed E-state index contributed by atoms with van der Waals surface area (Å²) in [6.07, 6.45) is 2.47. The van der Waals surface area contributed by atoms with Crippen LogP contribution in [-0.4, -0.2) is 52.1 Å². The van der Waals surface area contributed by atoms with Gasteiger partial charge in [0.25, 0.3) is 0 Å². The molecule has 0 aromatic carbocycles. The lowest BCUT2D eigenvalue weighted by Gasteiger charge is -2.17. The van der Waals surface area contributed by atoms with Gasteiger partial charge >= 0.3 is 0 Å². The number of rotatable bonds is 14. The van der Waals surface area contributed by atoms with Crippen LogP contribution in [0.4, 0.5) is 0 Å². The average molecular weight is 331 g/mol. The van der Waals surface area contributed by atoms with E-state index in [9.17, 15) is 4.79 Å². The number of hydrogen-bond acceptors (Lipinski definition) is 4. The molecule has 0 aromatic rings. The maximum Gasteiger partial charge on any atom is 0.222 e. The van der Waals surface area contributed by atoms with E-state index >= 15 is 0 Å². The summed E-state index contributed by atoms with van der Waals surface area (Å²) in [6.45, 7) is 15.1. The number of amides is 1. The van der Waals surface area contributed by atoms with Gasteiger partial charge in [0.2, 0.25) is 5.91 Å². The van der Waals surface area contributed by atoms with E-state index in [2.05, 4.69) is 39.9 Å². The van der Waals surface area contributed by atoms with Crippen molar-refractivity contribution in [3.63, 3.8) is 0 Å². The molecule has 0 fully saturated rings. The van der Waals surface area contributed by atoms with E-state index in [1.54, 1.807) is 0 Å². The van der Waals surface area contributed by atoms with Gasteiger partial charge in [-0.2, -0.15) is 0 Å². The Balaban J connectivity index is 3.22. The van der Waals surface area contributed by atoms with Crippen LogP contribution in [-0.2, 0) is 19.0 Å². The van der Waals surface area contributed by atoms with Gasteiger partial charge in [0.1, 0.15) is 0 Å². The molecule has 5 nitrogen and oxygen atoms in total. The first-order valence-electron chi connectivity index (χ1n) is 8.81. The van der Waals surface area contributed by atoms with Crippen LogP contribution in [0.25, 0.3) is 0 Å². The highest BCUT2D eigenvalue weighted by atomic mass is 16.5. The maximum absolute atomic E-state index is 11.6. The van der Waals surface area contributed by atoms with Crippen LogP contribution in [0, 0.1) is 11.3 Å². The largest absolute Gasteiger partial charge is 0.379 e. The Bertz CT molecular complexity index is 287. The minimum Gasteiger partial charge on any atom is -0.379 e. The van der Waals surface area contributed by atoms with Crippen LogP contribution < -0.4 is 5.32 Å². The highest BCUT2D eigenvalue weighted by Gasteiger charge is 2.10. The van der Waals surface area contributed by atoms with Gasteiger partial charge in [0, 0.05) is 19.6 Å². The fourth-order valence-electron chi connectivity index (χ4n) is 1.69. The summed E-state index contributed by atoms with van der Waals surface area (Å²) >= 11 is 0. The molecule has 0 aliphatic heterocycles. The molecule has 0 unspecified atom stereocenters. The van der Waals surface area contributed by atoms with Crippen molar-refractivity contribution < 1.29 is 19.0 Å². The van der Waals surface area contributed by atoms with Gasteiger partial charge in [-0.05, 0) is 24.2 Å². The van der Waals surface area contributed by atoms with Gasteiger partial charge in [-0.1, -0.05) is 34.6 Å². The smallest absolute Gasteiger partial charge is 0.222 e. The second-order valence-electron chi connectivity index (χ2n) is 7.43. The fraction of sp³-hybridized carbons (Fsp3) is 0.944. The number of ether oxygens (including phenoxy) is 3. The summed E-state index contributed by atoms with van der Waals surface area (Å²) in [7, 11) is 0. The maximum atomic E-state index is 11.6. The minimum absolute atomic E-state index is 0.0497. The molecule has 0 aromatic heterocycles. The van der Waals surface area contributed by atoms with Crippen molar-refractivity contribution in [2.45, 2.75) is 53.9 Å². The molecule has 0 rings (SSSR count). The fourth-order valence-corrected chi connectivity index (χ4v) is 1.69. The van der Waals surface area contributed by atoms with E-state index in [1.807, 2.05) is 0 Å². The minimum atomic E-state index is 0.0497. The summed E-state index contributed by atoms with van der Waals surface area (Å²) < 4.78 is 16.2. The molecule has 0 heterocycles. The van der Waals surface area contributed by atoms with Crippen LogP contribution in [0.2, 0.25) is 0 Å². The van der Waals surface area contributed by atoms with Crippen molar-refractivity contribution in [3.05, 3.63) is 0 Å². The number of nitrogens with one attached hydrogen (secondary N) is 1. The molecular weight excluding hydrogens is 294 g/mol. The molecule has 138 valence electrons. The van der Waals surface area contributed by atoms with Crippen molar-refractivity contribution in [2.75, 3.05) is 46.2 Å². The Kier molecular flexibility index (Phi) is 13.4. The van der Waals surface area contributed by atoms with E-state index in [0.29, 0.717) is 45.4 Å². The number of hydrogen-bond donors (Lipinski definition) is 1. The number of carbonyl (C=O) groups excluding carboxylic acids is 1. The van der Waals surface area contributed by atoms with Crippen LogP contribution in [0.3, 0.4) is 0 Å². The van der Waals surface area contributed by atoms with Gasteiger partial charge in [-0.25, -0.2) is 0 Å². The van der Waals surface area contributed by atoms with Crippen molar-refractivity contribution in [2.24, 2.45) is 11.3 Å². The van der Waals surface area contributed by atoms with E-state index < -0.39 is 0 Å². The predicted octanol–water partition coefficient (Wildman–Crippen LogP) is 3.02. The zero-order valence-electron chi connectivity index (χ0n) is 15.8. The summed E-state index contributed by atoms with van der Waals surface area (Å²) in [5.41, 5.74) is 0.250. The molecule has 0 aliphatic rings. The van der Waals surface area contributed by atoms with Crippen LogP contribution >= 0.6 is 0 Å². The van der Waals surface area contributed by atoms with Gasteiger partial charge in [0.05, 0.1) is 33.0 Å². The molecule has 5 heteroatoms. The average Bonchev–Trinajstić information content (AvgIpc) is 2.43. The molecule has 0 atom stereocenters.